The zero-order chi connectivity index (χ0) is 12.3. The number of rotatable bonds is 4. The fraction of sp³-hybridized carbons (Fsp3) is 1.00. The number of hydrogen-bond acceptors (Lipinski definition) is 3. The molecule has 2 fully saturated rings. The highest BCUT2D eigenvalue weighted by molar-refractivity contribution is 4.88. The minimum Gasteiger partial charge on any atom is -0.316 e. The van der Waals surface area contributed by atoms with Gasteiger partial charge < -0.3 is 10.2 Å². The van der Waals surface area contributed by atoms with Crippen LogP contribution in [-0.4, -0.2) is 61.7 Å². The highest BCUT2D eigenvalue weighted by atomic mass is 15.3. The zero-order valence-corrected chi connectivity index (χ0v) is 11.8. The summed E-state index contributed by atoms with van der Waals surface area (Å²) in [4.78, 5) is 5.23. The summed E-state index contributed by atoms with van der Waals surface area (Å²) in [6, 6.07) is 1.56. The van der Waals surface area contributed by atoms with Crippen LogP contribution in [-0.2, 0) is 0 Å². The molecule has 2 aliphatic rings. The third-order valence-electron chi connectivity index (χ3n) is 4.68. The monoisotopic (exact) mass is 239 g/mol. The van der Waals surface area contributed by atoms with Crippen molar-refractivity contribution in [2.24, 2.45) is 5.92 Å². The van der Waals surface area contributed by atoms with E-state index in [9.17, 15) is 0 Å². The first-order valence-corrected chi connectivity index (χ1v) is 7.35. The molecule has 0 aromatic heterocycles. The molecule has 17 heavy (non-hydrogen) atoms. The molecular formula is C14H29N3. The van der Waals surface area contributed by atoms with Crippen molar-refractivity contribution >= 4 is 0 Å². The standard InChI is InChI=1S/C14H29N3/c1-4-17(10-13-6-5-7-15-9-13)14-8-12(2)16(3)11-14/h12-15H,4-11H2,1-3H3. The van der Waals surface area contributed by atoms with Crippen molar-refractivity contribution in [3.05, 3.63) is 0 Å². The lowest BCUT2D eigenvalue weighted by Crippen LogP contribution is -2.43. The quantitative estimate of drug-likeness (QED) is 0.800. The summed E-state index contributed by atoms with van der Waals surface area (Å²) >= 11 is 0. The van der Waals surface area contributed by atoms with Gasteiger partial charge in [-0.1, -0.05) is 6.92 Å². The Labute approximate surface area is 107 Å². The first-order valence-electron chi connectivity index (χ1n) is 7.35. The largest absolute Gasteiger partial charge is 0.316 e. The maximum Gasteiger partial charge on any atom is 0.0237 e. The Morgan fingerprint density at radius 3 is 2.76 bits per heavy atom. The lowest BCUT2D eigenvalue weighted by molar-refractivity contribution is 0.163. The van der Waals surface area contributed by atoms with Gasteiger partial charge in [0.05, 0.1) is 0 Å². The molecule has 0 aromatic carbocycles. The highest BCUT2D eigenvalue weighted by Gasteiger charge is 2.31. The molecule has 0 amide bonds. The fourth-order valence-corrected chi connectivity index (χ4v) is 3.37. The molecule has 3 heteroatoms. The van der Waals surface area contributed by atoms with Crippen LogP contribution in [0.4, 0.5) is 0 Å². The van der Waals surface area contributed by atoms with Crippen molar-refractivity contribution < 1.29 is 0 Å². The van der Waals surface area contributed by atoms with Crippen molar-refractivity contribution in [2.75, 3.05) is 39.8 Å². The smallest absolute Gasteiger partial charge is 0.0237 e. The summed E-state index contributed by atoms with van der Waals surface area (Å²) in [5.74, 6) is 0.880. The van der Waals surface area contributed by atoms with E-state index in [1.165, 1.54) is 52.0 Å². The van der Waals surface area contributed by atoms with Crippen LogP contribution >= 0.6 is 0 Å². The van der Waals surface area contributed by atoms with Gasteiger partial charge in [0, 0.05) is 25.2 Å². The van der Waals surface area contributed by atoms with E-state index >= 15 is 0 Å². The molecule has 100 valence electrons. The van der Waals surface area contributed by atoms with Gasteiger partial charge in [0.15, 0.2) is 0 Å². The maximum absolute atomic E-state index is 3.54. The topological polar surface area (TPSA) is 18.5 Å². The minimum atomic E-state index is 0.763. The van der Waals surface area contributed by atoms with E-state index in [1.807, 2.05) is 0 Å². The molecule has 0 spiro atoms. The third kappa shape index (κ3) is 3.43. The molecule has 0 bridgehead atoms. The van der Waals surface area contributed by atoms with Gasteiger partial charge in [-0.15, -0.1) is 0 Å². The second-order valence-electron chi connectivity index (χ2n) is 5.98. The van der Waals surface area contributed by atoms with Crippen LogP contribution in [0.25, 0.3) is 0 Å². The Morgan fingerprint density at radius 2 is 2.24 bits per heavy atom. The van der Waals surface area contributed by atoms with E-state index in [1.54, 1.807) is 0 Å². The molecule has 3 atom stereocenters. The predicted molar refractivity (Wildman–Crippen MR) is 73.3 cm³/mol. The molecule has 3 unspecified atom stereocenters. The van der Waals surface area contributed by atoms with Crippen LogP contribution in [0.5, 0.6) is 0 Å². The number of piperidine rings is 1. The Kier molecular flexibility index (Phi) is 4.83. The van der Waals surface area contributed by atoms with Crippen molar-refractivity contribution in [2.45, 2.75) is 45.2 Å². The van der Waals surface area contributed by atoms with Gasteiger partial charge in [-0.05, 0) is 58.8 Å². The van der Waals surface area contributed by atoms with Crippen LogP contribution in [0.3, 0.4) is 0 Å². The number of likely N-dealkylation sites (N-methyl/N-ethyl adjacent to an activating group) is 2. The molecule has 3 nitrogen and oxygen atoms in total. The Hall–Kier alpha value is -0.120. The van der Waals surface area contributed by atoms with Crippen molar-refractivity contribution in [3.8, 4) is 0 Å². The molecule has 0 aliphatic carbocycles. The molecule has 0 radical (unpaired) electrons. The van der Waals surface area contributed by atoms with Gasteiger partial charge in [0.25, 0.3) is 0 Å². The first-order chi connectivity index (χ1) is 8.20. The van der Waals surface area contributed by atoms with E-state index in [0.717, 1.165) is 18.0 Å². The van der Waals surface area contributed by atoms with Gasteiger partial charge in [0.2, 0.25) is 0 Å². The summed E-state index contributed by atoms with van der Waals surface area (Å²) in [6.45, 7) is 10.9. The lowest BCUT2D eigenvalue weighted by atomic mass is 9.98. The molecule has 0 saturated carbocycles. The fourth-order valence-electron chi connectivity index (χ4n) is 3.37. The molecular weight excluding hydrogens is 210 g/mol. The first kappa shape index (κ1) is 13.3. The maximum atomic E-state index is 3.54. The summed E-state index contributed by atoms with van der Waals surface area (Å²) in [6.07, 6.45) is 4.13. The summed E-state index contributed by atoms with van der Waals surface area (Å²) in [5.41, 5.74) is 0. The van der Waals surface area contributed by atoms with E-state index in [-0.39, 0.29) is 0 Å². The number of hydrogen-bond donors (Lipinski definition) is 1. The molecule has 2 heterocycles. The van der Waals surface area contributed by atoms with Gasteiger partial charge in [-0.25, -0.2) is 0 Å². The molecule has 1 N–H and O–H groups in total. The second kappa shape index (κ2) is 6.17. The van der Waals surface area contributed by atoms with Crippen LogP contribution < -0.4 is 5.32 Å². The Morgan fingerprint density at radius 1 is 1.41 bits per heavy atom. The third-order valence-corrected chi connectivity index (χ3v) is 4.68. The lowest BCUT2D eigenvalue weighted by Gasteiger charge is -2.33. The van der Waals surface area contributed by atoms with E-state index in [0.29, 0.717) is 0 Å². The zero-order valence-electron chi connectivity index (χ0n) is 11.8. The van der Waals surface area contributed by atoms with E-state index in [4.69, 9.17) is 0 Å². The summed E-state index contributed by atoms with van der Waals surface area (Å²) in [5, 5.41) is 3.54. The van der Waals surface area contributed by atoms with Crippen molar-refractivity contribution in [1.82, 2.24) is 15.1 Å². The summed E-state index contributed by atoms with van der Waals surface area (Å²) in [7, 11) is 2.26. The molecule has 0 aromatic rings. The van der Waals surface area contributed by atoms with Crippen molar-refractivity contribution in [3.63, 3.8) is 0 Å². The van der Waals surface area contributed by atoms with Crippen LogP contribution in [0.15, 0.2) is 0 Å². The number of likely N-dealkylation sites (tertiary alicyclic amines) is 1. The Balaban J connectivity index is 1.83. The van der Waals surface area contributed by atoms with Crippen LogP contribution in [0.1, 0.15) is 33.1 Å². The van der Waals surface area contributed by atoms with Crippen molar-refractivity contribution in [1.29, 1.82) is 0 Å². The van der Waals surface area contributed by atoms with Crippen LogP contribution in [0.2, 0.25) is 0 Å². The van der Waals surface area contributed by atoms with Gasteiger partial charge in [-0.3, -0.25) is 4.90 Å². The normalized spacial score (nSPS) is 35.6. The van der Waals surface area contributed by atoms with Gasteiger partial charge in [0.1, 0.15) is 0 Å². The van der Waals surface area contributed by atoms with E-state index in [2.05, 4.69) is 36.0 Å². The van der Waals surface area contributed by atoms with Gasteiger partial charge >= 0.3 is 0 Å². The number of nitrogens with zero attached hydrogens (tertiary/aromatic N) is 2. The average Bonchev–Trinajstić information content (AvgIpc) is 2.68. The van der Waals surface area contributed by atoms with E-state index < -0.39 is 0 Å². The highest BCUT2D eigenvalue weighted by Crippen LogP contribution is 2.22. The predicted octanol–water partition coefficient (Wildman–Crippen LogP) is 1.40. The molecule has 2 rings (SSSR count). The molecule has 2 saturated heterocycles. The SMILES string of the molecule is CCN(CC1CCCNC1)C1CC(C)N(C)C1. The van der Waals surface area contributed by atoms with Crippen LogP contribution in [0, 0.1) is 5.92 Å². The number of nitrogens with one attached hydrogen (secondary N) is 1. The average molecular weight is 239 g/mol. The molecule has 2 aliphatic heterocycles. The summed E-state index contributed by atoms with van der Waals surface area (Å²) < 4.78 is 0. The second-order valence-corrected chi connectivity index (χ2v) is 5.98. The van der Waals surface area contributed by atoms with Gasteiger partial charge in [-0.2, -0.15) is 0 Å². The minimum absolute atomic E-state index is 0.763. The Bertz CT molecular complexity index is 216.